The zero-order chi connectivity index (χ0) is 23.0. The highest BCUT2D eigenvalue weighted by Crippen LogP contribution is 2.46. The van der Waals surface area contributed by atoms with Crippen LogP contribution in [0.15, 0.2) is 24.8 Å². The van der Waals surface area contributed by atoms with Gasteiger partial charge in [-0.1, -0.05) is 12.7 Å². The summed E-state index contributed by atoms with van der Waals surface area (Å²) in [7, 11) is 0. The molecule has 172 valence electrons. The summed E-state index contributed by atoms with van der Waals surface area (Å²) >= 11 is 0. The number of hydrogen-bond acceptors (Lipinski definition) is 7. The highest BCUT2D eigenvalue weighted by atomic mass is 19.4. The number of carbonyl (C=O) groups is 2. The average Bonchev–Trinajstić information content (AvgIpc) is 3.13. The van der Waals surface area contributed by atoms with E-state index in [1.54, 1.807) is 0 Å². The van der Waals surface area contributed by atoms with Gasteiger partial charge < -0.3 is 24.1 Å². The van der Waals surface area contributed by atoms with E-state index in [1.807, 2.05) is 0 Å². The van der Waals surface area contributed by atoms with Crippen molar-refractivity contribution in [3.05, 3.63) is 24.8 Å². The fourth-order valence-corrected chi connectivity index (χ4v) is 2.71. The first kappa shape index (κ1) is 26.0. The van der Waals surface area contributed by atoms with Gasteiger partial charge in [0.15, 0.2) is 18.5 Å². The van der Waals surface area contributed by atoms with Crippen molar-refractivity contribution in [1.29, 1.82) is 0 Å². The van der Waals surface area contributed by atoms with E-state index in [4.69, 9.17) is 14.2 Å². The number of halogens is 5. The maximum Gasteiger partial charge on any atom is 0.422 e. The van der Waals surface area contributed by atoms with Gasteiger partial charge in [-0.3, -0.25) is 0 Å². The smallest absolute Gasteiger partial charge is 0.422 e. The molecule has 0 spiro atoms. The van der Waals surface area contributed by atoms with E-state index < -0.39 is 62.0 Å². The van der Waals surface area contributed by atoms with Crippen molar-refractivity contribution in [2.45, 2.75) is 49.7 Å². The molecule has 1 unspecified atom stereocenters. The Morgan fingerprint density at radius 3 is 2.27 bits per heavy atom. The highest BCUT2D eigenvalue weighted by Gasteiger charge is 2.64. The molecule has 0 aliphatic heterocycles. The van der Waals surface area contributed by atoms with Crippen molar-refractivity contribution >= 4 is 11.9 Å². The third-order valence-electron chi connectivity index (χ3n) is 4.15. The molecule has 0 radical (unpaired) electrons. The Hall–Kier alpha value is -2.05. The lowest BCUT2D eigenvalue weighted by Gasteiger charge is -2.35. The SMILES string of the molecule is C=CCOCC(=C)C(O)OCC(=O)OC1(C(F)(F)C(=O)OCC(F)(F)F)CCCC1. The molecule has 1 atom stereocenters. The fourth-order valence-electron chi connectivity index (χ4n) is 2.71. The standard InChI is InChI=1S/C18H23F5O7/c1-3-8-27-9-12(2)14(25)28-10-13(24)30-16(6-4-5-7-16)18(22,23)15(26)29-11-17(19,20)21/h3,14,25H,1-2,4-11H2. The van der Waals surface area contributed by atoms with Crippen LogP contribution in [-0.2, 0) is 28.5 Å². The minimum Gasteiger partial charge on any atom is -0.451 e. The molecule has 1 aliphatic carbocycles. The van der Waals surface area contributed by atoms with E-state index in [-0.39, 0.29) is 31.6 Å². The Morgan fingerprint density at radius 2 is 1.73 bits per heavy atom. The van der Waals surface area contributed by atoms with Crippen molar-refractivity contribution in [1.82, 2.24) is 0 Å². The molecule has 0 aromatic carbocycles. The number of esters is 2. The van der Waals surface area contributed by atoms with Crippen LogP contribution in [-0.4, -0.2) is 67.5 Å². The summed E-state index contributed by atoms with van der Waals surface area (Å²) in [5, 5.41) is 9.72. The maximum absolute atomic E-state index is 14.6. The molecule has 1 saturated carbocycles. The third-order valence-corrected chi connectivity index (χ3v) is 4.15. The largest absolute Gasteiger partial charge is 0.451 e. The fraction of sp³-hybridized carbons (Fsp3) is 0.667. The van der Waals surface area contributed by atoms with E-state index in [9.17, 15) is 36.6 Å². The van der Waals surface area contributed by atoms with E-state index in [2.05, 4.69) is 17.9 Å². The van der Waals surface area contributed by atoms with Crippen LogP contribution in [0.4, 0.5) is 22.0 Å². The summed E-state index contributed by atoms with van der Waals surface area (Å²) in [4.78, 5) is 23.6. The van der Waals surface area contributed by atoms with E-state index in [1.165, 1.54) is 6.08 Å². The molecule has 0 amide bonds. The van der Waals surface area contributed by atoms with Crippen LogP contribution < -0.4 is 0 Å². The van der Waals surface area contributed by atoms with E-state index in [0.717, 1.165) is 0 Å². The van der Waals surface area contributed by atoms with Gasteiger partial charge in [0.2, 0.25) is 0 Å². The molecule has 7 nitrogen and oxygen atoms in total. The Labute approximate surface area is 169 Å². The van der Waals surface area contributed by atoms with Gasteiger partial charge in [0.05, 0.1) is 13.2 Å². The van der Waals surface area contributed by atoms with Crippen LogP contribution in [0.2, 0.25) is 0 Å². The van der Waals surface area contributed by atoms with Gasteiger partial charge in [-0.15, -0.1) is 6.58 Å². The predicted octanol–water partition coefficient (Wildman–Crippen LogP) is 2.68. The molecule has 1 fully saturated rings. The molecule has 1 N–H and O–H groups in total. The van der Waals surface area contributed by atoms with Gasteiger partial charge in [-0.05, 0) is 25.7 Å². The minimum absolute atomic E-state index is 0.0290. The minimum atomic E-state index is -4.99. The van der Waals surface area contributed by atoms with Crippen molar-refractivity contribution in [3.8, 4) is 0 Å². The highest BCUT2D eigenvalue weighted by molar-refractivity contribution is 5.81. The number of alkyl halides is 5. The first-order chi connectivity index (χ1) is 13.8. The van der Waals surface area contributed by atoms with Gasteiger partial charge in [-0.25, -0.2) is 9.59 Å². The van der Waals surface area contributed by atoms with Gasteiger partial charge in [0, 0.05) is 5.57 Å². The second-order valence-electron chi connectivity index (χ2n) is 6.57. The zero-order valence-electron chi connectivity index (χ0n) is 16.0. The van der Waals surface area contributed by atoms with Gasteiger partial charge in [0.1, 0.15) is 6.61 Å². The monoisotopic (exact) mass is 446 g/mol. The second kappa shape index (κ2) is 10.8. The van der Waals surface area contributed by atoms with Gasteiger partial charge >= 0.3 is 24.0 Å². The Balaban J connectivity index is 2.71. The van der Waals surface area contributed by atoms with Crippen LogP contribution in [0.25, 0.3) is 0 Å². The van der Waals surface area contributed by atoms with Crippen molar-refractivity contribution in [2.75, 3.05) is 26.4 Å². The number of aliphatic hydroxyl groups is 1. The number of carbonyl (C=O) groups excluding carboxylic acids is 2. The summed E-state index contributed by atoms with van der Waals surface area (Å²) in [5.41, 5.74) is -2.63. The van der Waals surface area contributed by atoms with Crippen LogP contribution >= 0.6 is 0 Å². The Bertz CT molecular complexity index is 627. The maximum atomic E-state index is 14.6. The summed E-state index contributed by atoms with van der Waals surface area (Å²) in [5.74, 6) is -8.30. The first-order valence-corrected chi connectivity index (χ1v) is 8.84. The molecule has 30 heavy (non-hydrogen) atoms. The van der Waals surface area contributed by atoms with Crippen LogP contribution in [0.5, 0.6) is 0 Å². The molecular weight excluding hydrogens is 423 g/mol. The summed E-state index contributed by atoms with van der Waals surface area (Å²) < 4.78 is 83.8. The van der Waals surface area contributed by atoms with E-state index >= 15 is 0 Å². The number of aliphatic hydroxyl groups excluding tert-OH is 1. The first-order valence-electron chi connectivity index (χ1n) is 8.84. The molecule has 0 aromatic heterocycles. The molecule has 1 rings (SSSR count). The second-order valence-corrected chi connectivity index (χ2v) is 6.57. The summed E-state index contributed by atoms with van der Waals surface area (Å²) in [6.07, 6.45) is -5.84. The molecule has 12 heteroatoms. The topological polar surface area (TPSA) is 91.3 Å². The molecule has 0 saturated heterocycles. The Morgan fingerprint density at radius 1 is 1.13 bits per heavy atom. The molecule has 1 aliphatic rings. The third kappa shape index (κ3) is 7.33. The van der Waals surface area contributed by atoms with Crippen molar-refractivity contribution < 1.29 is 55.6 Å². The molecule has 0 aromatic rings. The van der Waals surface area contributed by atoms with E-state index in [0.29, 0.717) is 0 Å². The molecular formula is C18H23F5O7. The average molecular weight is 446 g/mol. The lowest BCUT2D eigenvalue weighted by atomic mass is 9.93. The van der Waals surface area contributed by atoms with Crippen molar-refractivity contribution in [2.24, 2.45) is 0 Å². The molecule has 0 bridgehead atoms. The molecule has 0 heterocycles. The number of hydrogen-bond donors (Lipinski definition) is 1. The van der Waals surface area contributed by atoms with Crippen LogP contribution in [0.1, 0.15) is 25.7 Å². The van der Waals surface area contributed by atoms with Gasteiger partial charge in [-0.2, -0.15) is 22.0 Å². The summed E-state index contributed by atoms with van der Waals surface area (Å²) in [6, 6.07) is 0. The van der Waals surface area contributed by atoms with Crippen LogP contribution in [0, 0.1) is 0 Å². The van der Waals surface area contributed by atoms with Crippen molar-refractivity contribution in [3.63, 3.8) is 0 Å². The Kier molecular flexibility index (Phi) is 9.37. The summed E-state index contributed by atoms with van der Waals surface area (Å²) in [6.45, 7) is 3.74. The van der Waals surface area contributed by atoms with Gasteiger partial charge in [0.25, 0.3) is 0 Å². The lowest BCUT2D eigenvalue weighted by molar-refractivity contribution is -0.239. The zero-order valence-corrected chi connectivity index (χ0v) is 16.0. The number of ether oxygens (including phenoxy) is 4. The number of rotatable bonds is 12. The lowest BCUT2D eigenvalue weighted by Crippen LogP contribution is -2.55. The quantitative estimate of drug-likeness (QED) is 0.162. The normalized spacial score (nSPS) is 17.3. The van der Waals surface area contributed by atoms with Crippen LogP contribution in [0.3, 0.4) is 0 Å². The predicted molar refractivity (Wildman–Crippen MR) is 91.4 cm³/mol.